The number of hydrogen-bond acceptors (Lipinski definition) is 4. The molecule has 1 saturated carbocycles. The van der Waals surface area contributed by atoms with Gasteiger partial charge in [0, 0.05) is 23.9 Å². The van der Waals surface area contributed by atoms with Crippen LogP contribution in [0.1, 0.15) is 49.1 Å². The first kappa shape index (κ1) is 15.4. The summed E-state index contributed by atoms with van der Waals surface area (Å²) in [4.78, 5) is 19.8. The van der Waals surface area contributed by atoms with Gasteiger partial charge in [-0.05, 0) is 26.8 Å². The van der Waals surface area contributed by atoms with E-state index in [1.165, 1.54) is 24.1 Å². The molecule has 5 heteroatoms. The number of aryl methyl sites for hydroxylation is 1. The maximum absolute atomic E-state index is 12.5. The largest absolute Gasteiger partial charge is 0.340 e. The van der Waals surface area contributed by atoms with E-state index in [0.29, 0.717) is 13.0 Å². The van der Waals surface area contributed by atoms with E-state index in [4.69, 9.17) is 0 Å². The van der Waals surface area contributed by atoms with Gasteiger partial charge in [0.1, 0.15) is 0 Å². The van der Waals surface area contributed by atoms with Crippen molar-refractivity contribution in [3.63, 3.8) is 0 Å². The van der Waals surface area contributed by atoms with Gasteiger partial charge in [-0.2, -0.15) is 0 Å². The molecule has 0 saturated heterocycles. The summed E-state index contributed by atoms with van der Waals surface area (Å²) in [7, 11) is 3.89. The van der Waals surface area contributed by atoms with Crippen LogP contribution in [0.5, 0.6) is 0 Å². The van der Waals surface area contributed by atoms with Gasteiger partial charge in [-0.3, -0.25) is 4.79 Å². The highest BCUT2D eigenvalue weighted by Crippen LogP contribution is 2.31. The van der Waals surface area contributed by atoms with E-state index in [0.717, 1.165) is 18.5 Å². The molecule has 1 N–H and O–H groups in total. The highest BCUT2D eigenvalue weighted by molar-refractivity contribution is 7.09. The van der Waals surface area contributed by atoms with E-state index in [-0.39, 0.29) is 11.4 Å². The first-order valence-corrected chi connectivity index (χ1v) is 8.26. The zero-order chi connectivity index (χ0) is 14.6. The molecule has 0 unspecified atom stereocenters. The van der Waals surface area contributed by atoms with Crippen LogP contribution in [0.15, 0.2) is 5.51 Å². The predicted molar refractivity (Wildman–Crippen MR) is 82.8 cm³/mol. The van der Waals surface area contributed by atoms with Gasteiger partial charge in [0.15, 0.2) is 0 Å². The molecule has 0 radical (unpaired) electrons. The summed E-state index contributed by atoms with van der Waals surface area (Å²) in [5, 5.41) is 3.42. The minimum Gasteiger partial charge on any atom is -0.340 e. The Hall–Kier alpha value is -0.940. The Morgan fingerprint density at radius 2 is 2.15 bits per heavy atom. The molecule has 1 aliphatic rings. The van der Waals surface area contributed by atoms with Gasteiger partial charge in [-0.1, -0.05) is 19.3 Å². The molecule has 0 bridgehead atoms. The van der Waals surface area contributed by atoms with Crippen LogP contribution in [0.4, 0.5) is 0 Å². The van der Waals surface area contributed by atoms with Gasteiger partial charge in [-0.25, -0.2) is 4.98 Å². The molecule has 1 aliphatic carbocycles. The Morgan fingerprint density at radius 3 is 2.70 bits per heavy atom. The third-order valence-corrected chi connectivity index (χ3v) is 5.40. The second-order valence-corrected chi connectivity index (χ2v) is 6.82. The number of aromatic nitrogens is 1. The van der Waals surface area contributed by atoms with Crippen molar-refractivity contribution in [2.24, 2.45) is 0 Å². The summed E-state index contributed by atoms with van der Waals surface area (Å²) in [6.45, 7) is 2.68. The van der Waals surface area contributed by atoms with Crippen molar-refractivity contribution in [2.45, 2.75) is 57.5 Å². The van der Waals surface area contributed by atoms with Crippen molar-refractivity contribution in [1.82, 2.24) is 15.2 Å². The number of nitrogens with zero attached hydrogens (tertiary/aromatic N) is 2. The number of thiazole rings is 1. The molecule has 1 fully saturated rings. The van der Waals surface area contributed by atoms with E-state index in [1.807, 2.05) is 31.4 Å². The van der Waals surface area contributed by atoms with Crippen molar-refractivity contribution < 1.29 is 4.79 Å². The van der Waals surface area contributed by atoms with Gasteiger partial charge in [0.2, 0.25) is 5.91 Å². The molecule has 1 amide bonds. The quantitative estimate of drug-likeness (QED) is 0.908. The molecule has 1 aromatic heterocycles. The highest BCUT2D eigenvalue weighted by Gasteiger charge is 2.33. The van der Waals surface area contributed by atoms with Crippen LogP contribution < -0.4 is 5.32 Å². The number of nitrogens with one attached hydrogen (secondary N) is 1. The van der Waals surface area contributed by atoms with Crippen molar-refractivity contribution in [2.75, 3.05) is 14.1 Å². The van der Waals surface area contributed by atoms with Crippen molar-refractivity contribution >= 4 is 17.2 Å². The molecule has 0 aliphatic heterocycles. The standard InChI is InChI=1S/C15H25N3OS/c1-12-13(20-11-17-12)10-18(3)14(19)9-15(16-2)7-5-4-6-8-15/h11,16H,4-10H2,1-3H3. The third-order valence-electron chi connectivity index (χ3n) is 4.48. The van der Waals surface area contributed by atoms with Gasteiger partial charge >= 0.3 is 0 Å². The molecule has 0 aromatic carbocycles. The van der Waals surface area contributed by atoms with Gasteiger partial charge < -0.3 is 10.2 Å². The molecular formula is C15H25N3OS. The van der Waals surface area contributed by atoms with E-state index in [2.05, 4.69) is 10.3 Å². The maximum atomic E-state index is 12.5. The molecule has 1 aromatic rings. The van der Waals surface area contributed by atoms with Crippen LogP contribution in [-0.2, 0) is 11.3 Å². The first-order chi connectivity index (χ1) is 9.56. The summed E-state index contributed by atoms with van der Waals surface area (Å²) < 4.78 is 0. The van der Waals surface area contributed by atoms with Crippen molar-refractivity contribution in [3.05, 3.63) is 16.1 Å². The van der Waals surface area contributed by atoms with Crippen LogP contribution in [0.2, 0.25) is 0 Å². The van der Waals surface area contributed by atoms with Gasteiger partial charge in [0.05, 0.1) is 17.7 Å². The molecule has 2 rings (SSSR count). The molecule has 1 heterocycles. The Bertz CT molecular complexity index is 452. The smallest absolute Gasteiger partial charge is 0.224 e. The van der Waals surface area contributed by atoms with E-state index in [1.54, 1.807) is 11.3 Å². The van der Waals surface area contributed by atoms with Crippen molar-refractivity contribution in [3.8, 4) is 0 Å². The lowest BCUT2D eigenvalue weighted by atomic mass is 9.79. The Labute approximate surface area is 125 Å². The lowest BCUT2D eigenvalue weighted by Gasteiger charge is -2.37. The van der Waals surface area contributed by atoms with Crippen LogP contribution in [0.25, 0.3) is 0 Å². The fourth-order valence-corrected chi connectivity index (χ4v) is 3.78. The SMILES string of the molecule is CNC1(CC(=O)N(C)Cc2scnc2C)CCCCC1. The molecule has 112 valence electrons. The summed E-state index contributed by atoms with van der Waals surface area (Å²) in [5.41, 5.74) is 2.90. The number of carbonyl (C=O) groups excluding carboxylic acids is 1. The van der Waals surface area contributed by atoms with E-state index < -0.39 is 0 Å². The van der Waals surface area contributed by atoms with Crippen molar-refractivity contribution in [1.29, 1.82) is 0 Å². The third kappa shape index (κ3) is 3.58. The average Bonchev–Trinajstić information content (AvgIpc) is 2.85. The van der Waals surface area contributed by atoms with Crippen LogP contribution in [0, 0.1) is 6.92 Å². The first-order valence-electron chi connectivity index (χ1n) is 7.38. The monoisotopic (exact) mass is 295 g/mol. The number of amides is 1. The second-order valence-electron chi connectivity index (χ2n) is 5.88. The minimum atomic E-state index is 0.0202. The topological polar surface area (TPSA) is 45.2 Å². The summed E-state index contributed by atoms with van der Waals surface area (Å²) in [5.74, 6) is 0.231. The molecule has 0 atom stereocenters. The molecule has 0 spiro atoms. The molecule has 4 nitrogen and oxygen atoms in total. The highest BCUT2D eigenvalue weighted by atomic mass is 32.1. The average molecular weight is 295 g/mol. The zero-order valence-electron chi connectivity index (χ0n) is 12.7. The second kappa shape index (κ2) is 6.68. The van der Waals surface area contributed by atoms with E-state index >= 15 is 0 Å². The van der Waals surface area contributed by atoms with Gasteiger partial charge in [0.25, 0.3) is 0 Å². The fourth-order valence-electron chi connectivity index (χ4n) is 2.95. The Morgan fingerprint density at radius 1 is 1.45 bits per heavy atom. The Balaban J connectivity index is 1.94. The number of carbonyl (C=O) groups is 1. The summed E-state index contributed by atoms with van der Waals surface area (Å²) in [6.07, 6.45) is 6.59. The summed E-state index contributed by atoms with van der Waals surface area (Å²) in [6, 6.07) is 0. The van der Waals surface area contributed by atoms with Crippen LogP contribution in [-0.4, -0.2) is 35.4 Å². The normalized spacial score (nSPS) is 17.9. The lowest BCUT2D eigenvalue weighted by molar-refractivity contribution is -0.132. The number of rotatable bonds is 5. The van der Waals surface area contributed by atoms with Crippen LogP contribution in [0.3, 0.4) is 0 Å². The number of hydrogen-bond donors (Lipinski definition) is 1. The Kier molecular flexibility index (Phi) is 5.16. The maximum Gasteiger partial charge on any atom is 0.224 e. The van der Waals surface area contributed by atoms with E-state index in [9.17, 15) is 4.79 Å². The molecule has 20 heavy (non-hydrogen) atoms. The molecular weight excluding hydrogens is 270 g/mol. The summed E-state index contributed by atoms with van der Waals surface area (Å²) >= 11 is 1.63. The van der Waals surface area contributed by atoms with Crippen LogP contribution >= 0.6 is 11.3 Å². The fraction of sp³-hybridized carbons (Fsp3) is 0.733. The minimum absolute atomic E-state index is 0.0202. The lowest BCUT2D eigenvalue weighted by Crippen LogP contribution is -2.48. The van der Waals surface area contributed by atoms with Gasteiger partial charge in [-0.15, -0.1) is 11.3 Å². The predicted octanol–water partition coefficient (Wildman–Crippen LogP) is 2.72. The zero-order valence-corrected chi connectivity index (χ0v) is 13.6.